The van der Waals surface area contributed by atoms with E-state index in [2.05, 4.69) is 0 Å². The fourth-order valence-electron chi connectivity index (χ4n) is 5.97. The maximum absolute atomic E-state index is 14.1. The number of carbonyl (C=O) groups is 3. The average molecular weight is 625 g/mol. The number of phenolic OH excluding ortho intramolecular Hbond substituents is 1. The molecule has 4 heterocycles. The van der Waals surface area contributed by atoms with Gasteiger partial charge in [0.2, 0.25) is 17.7 Å². The Morgan fingerprint density at radius 3 is 2.47 bits per heavy atom. The first kappa shape index (κ1) is 28.9. The summed E-state index contributed by atoms with van der Waals surface area (Å²) < 4.78 is 7.00. The van der Waals surface area contributed by atoms with Gasteiger partial charge in [-0.2, -0.15) is 0 Å². The molecule has 0 bridgehead atoms. The first-order valence-corrected chi connectivity index (χ1v) is 15.6. The third-order valence-corrected chi connectivity index (χ3v) is 10.6. The van der Waals surface area contributed by atoms with Crippen molar-refractivity contribution in [2.75, 3.05) is 24.6 Å². The number of hydrogen-bond acceptors (Lipinski definition) is 10. The van der Waals surface area contributed by atoms with Gasteiger partial charge in [0, 0.05) is 36.0 Å². The van der Waals surface area contributed by atoms with Crippen LogP contribution in [-0.4, -0.2) is 62.2 Å². The summed E-state index contributed by atoms with van der Waals surface area (Å²) in [6, 6.07) is 9.89. The number of nitro groups is 1. The van der Waals surface area contributed by atoms with Crippen LogP contribution in [0, 0.1) is 16.0 Å². The number of carbonyl (C=O) groups excluding carboxylic acids is 3. The summed E-state index contributed by atoms with van der Waals surface area (Å²) in [4.78, 5) is 68.1. The van der Waals surface area contributed by atoms with Crippen LogP contribution in [0.4, 0.5) is 11.4 Å². The van der Waals surface area contributed by atoms with E-state index in [4.69, 9.17) is 4.74 Å². The second-order valence-corrected chi connectivity index (χ2v) is 12.7. The number of hydrogen-bond donors (Lipinski definition) is 1. The fourth-order valence-corrected chi connectivity index (χ4v) is 8.74. The van der Waals surface area contributed by atoms with Crippen LogP contribution < -0.4 is 14.5 Å². The maximum Gasteiger partial charge on any atom is 0.308 e. The number of aromatic nitrogens is 1. The van der Waals surface area contributed by atoms with Gasteiger partial charge in [0.25, 0.3) is 5.69 Å². The van der Waals surface area contributed by atoms with Crippen molar-refractivity contribution in [1.29, 1.82) is 0 Å². The van der Waals surface area contributed by atoms with E-state index in [9.17, 15) is 34.4 Å². The molecule has 0 saturated carbocycles. The molecule has 3 aliphatic rings. The Bertz CT molecular complexity index is 1680. The summed E-state index contributed by atoms with van der Waals surface area (Å²) in [5.41, 5.74) is 0.598. The number of non-ortho nitro benzene ring substituents is 1. The van der Waals surface area contributed by atoms with E-state index in [1.165, 1.54) is 34.9 Å². The van der Waals surface area contributed by atoms with Gasteiger partial charge < -0.3 is 14.7 Å². The van der Waals surface area contributed by atoms with Crippen molar-refractivity contribution in [1.82, 2.24) is 9.47 Å². The molecule has 2 fully saturated rings. The molecule has 2 aromatic carbocycles. The lowest BCUT2D eigenvalue weighted by molar-refractivity contribution is -0.384. The molecule has 12 nitrogen and oxygen atoms in total. The third kappa shape index (κ3) is 5.07. The average Bonchev–Trinajstić information content (AvgIpc) is 3.45. The predicted molar refractivity (Wildman–Crippen MR) is 159 cm³/mol. The van der Waals surface area contributed by atoms with Crippen molar-refractivity contribution in [3.8, 4) is 11.5 Å². The molecular formula is C29H28N4O8S2. The molecule has 0 aliphatic carbocycles. The Kier molecular flexibility index (Phi) is 7.73. The minimum atomic E-state index is -0.921. The van der Waals surface area contributed by atoms with Crippen molar-refractivity contribution in [3.63, 3.8) is 0 Å². The molecule has 14 heteroatoms. The first-order chi connectivity index (χ1) is 20.7. The lowest BCUT2D eigenvalue weighted by atomic mass is 9.83. The number of nitrogens with zero attached hydrogens (tertiary/aromatic N) is 4. The van der Waals surface area contributed by atoms with Gasteiger partial charge in [0.15, 0.2) is 11.5 Å². The molecule has 3 atom stereocenters. The summed E-state index contributed by atoms with van der Waals surface area (Å²) >= 11 is 2.04. The zero-order valence-electron chi connectivity index (χ0n) is 23.1. The molecule has 2 saturated heterocycles. The molecule has 224 valence electrons. The van der Waals surface area contributed by atoms with Crippen molar-refractivity contribution in [3.05, 3.63) is 72.7 Å². The molecule has 0 spiro atoms. The van der Waals surface area contributed by atoms with Crippen LogP contribution >= 0.6 is 23.1 Å². The normalized spacial score (nSPS) is 21.5. The Morgan fingerprint density at radius 2 is 1.79 bits per heavy atom. The summed E-state index contributed by atoms with van der Waals surface area (Å²) in [7, 11) is 0. The number of amides is 3. The van der Waals surface area contributed by atoms with Crippen LogP contribution in [0.5, 0.6) is 11.5 Å². The number of phenols is 1. The number of aromatic hydroxyl groups is 1. The van der Waals surface area contributed by atoms with E-state index >= 15 is 0 Å². The molecule has 2 unspecified atom stereocenters. The highest BCUT2D eigenvalue weighted by Gasteiger charge is 2.57. The number of fused-ring (bicyclic) bond motifs is 2. The summed E-state index contributed by atoms with van der Waals surface area (Å²) in [6.07, 6.45) is 2.86. The van der Waals surface area contributed by atoms with Gasteiger partial charge in [-0.05, 0) is 56.0 Å². The van der Waals surface area contributed by atoms with Crippen molar-refractivity contribution in [2.45, 2.75) is 48.9 Å². The van der Waals surface area contributed by atoms with E-state index < -0.39 is 33.8 Å². The van der Waals surface area contributed by atoms with Crippen LogP contribution in [-0.2, 0) is 20.9 Å². The molecule has 1 N–H and O–H groups in total. The van der Waals surface area contributed by atoms with Crippen LogP contribution in [0.25, 0.3) is 0 Å². The van der Waals surface area contributed by atoms with Crippen LogP contribution in [0.3, 0.4) is 0 Å². The number of ether oxygens (including phenoxy) is 1. The Balaban J connectivity index is 1.44. The number of imide groups is 1. The van der Waals surface area contributed by atoms with Gasteiger partial charge in [0.1, 0.15) is 11.8 Å². The molecule has 3 aromatic rings. The zero-order valence-corrected chi connectivity index (χ0v) is 24.8. The number of nitro benzene ring substituents is 1. The largest absolute Gasteiger partial charge is 0.504 e. The smallest absolute Gasteiger partial charge is 0.308 e. The summed E-state index contributed by atoms with van der Waals surface area (Å²) in [5, 5.41) is 21.1. The predicted octanol–water partition coefficient (Wildman–Crippen LogP) is 3.73. The highest BCUT2D eigenvalue weighted by atomic mass is 32.2. The van der Waals surface area contributed by atoms with Crippen molar-refractivity contribution >= 4 is 52.2 Å². The maximum atomic E-state index is 14.1. The second-order valence-electron chi connectivity index (χ2n) is 10.6. The van der Waals surface area contributed by atoms with Crippen molar-refractivity contribution in [2.24, 2.45) is 5.92 Å². The van der Waals surface area contributed by atoms with E-state index in [0.29, 0.717) is 28.6 Å². The Morgan fingerprint density at radius 1 is 1.07 bits per heavy atom. The molecule has 3 aliphatic heterocycles. The van der Waals surface area contributed by atoms with Crippen molar-refractivity contribution < 1.29 is 29.2 Å². The van der Waals surface area contributed by atoms with E-state index in [-0.39, 0.29) is 46.8 Å². The highest BCUT2D eigenvalue weighted by Crippen LogP contribution is 2.54. The van der Waals surface area contributed by atoms with Gasteiger partial charge in [-0.25, -0.2) is 4.90 Å². The minimum Gasteiger partial charge on any atom is -0.504 e. The monoisotopic (exact) mass is 624 g/mol. The minimum absolute atomic E-state index is 0.0909. The fraction of sp³-hybridized carbons (Fsp3) is 0.379. The van der Waals surface area contributed by atoms with Crippen LogP contribution in [0.15, 0.2) is 52.3 Å². The lowest BCUT2D eigenvalue weighted by Gasteiger charge is -2.31. The van der Waals surface area contributed by atoms with Crippen LogP contribution in [0.1, 0.15) is 42.5 Å². The molecule has 43 heavy (non-hydrogen) atoms. The number of piperidine rings is 1. The highest BCUT2D eigenvalue weighted by molar-refractivity contribution is 8.00. The summed E-state index contributed by atoms with van der Waals surface area (Å²) in [5.74, 6) is -2.74. The zero-order chi connectivity index (χ0) is 30.4. The molecule has 3 amide bonds. The molecular weight excluding hydrogens is 596 g/mol. The molecule has 6 rings (SSSR count). The van der Waals surface area contributed by atoms with Gasteiger partial charge in [-0.3, -0.25) is 33.9 Å². The lowest BCUT2D eigenvalue weighted by Crippen LogP contribution is -2.39. The van der Waals surface area contributed by atoms with E-state index in [1.807, 2.05) is 0 Å². The van der Waals surface area contributed by atoms with Gasteiger partial charge in [0.05, 0.1) is 28.2 Å². The quantitative estimate of drug-likeness (QED) is 0.235. The number of benzene rings is 2. The number of thiazole rings is 1. The number of anilines is 1. The number of thioether (sulfide) groups is 1. The van der Waals surface area contributed by atoms with Gasteiger partial charge in [-0.15, -0.1) is 0 Å². The Hall–Kier alpha value is -4.17. The Labute approximate surface area is 254 Å². The standard InChI is InChI=1S/C29H28N4O8S2/c1-2-41-20-14-16(6-11-19(20)34)22-23-24(27(37)32(26(23)36)17-7-9-18(10-8-17)33(39)40)42-28-25(22)43-29(38)31(28)15-21(35)30-12-4-3-5-13-30/h6-11,14,22-24,34H,2-5,12-13,15H2,1H3/t22-,23?,24?/m0/s1. The topological polar surface area (TPSA) is 152 Å². The van der Waals surface area contributed by atoms with E-state index in [1.54, 1.807) is 24.0 Å². The molecule has 0 radical (unpaired) electrons. The molecule has 1 aromatic heterocycles. The summed E-state index contributed by atoms with van der Waals surface area (Å²) in [6.45, 7) is 3.14. The second kappa shape index (κ2) is 11.5. The first-order valence-electron chi connectivity index (χ1n) is 14.0. The number of rotatable bonds is 7. The van der Waals surface area contributed by atoms with E-state index in [0.717, 1.165) is 47.3 Å². The van der Waals surface area contributed by atoms with Gasteiger partial charge >= 0.3 is 4.87 Å². The third-order valence-electron chi connectivity index (χ3n) is 8.01. The number of likely N-dealkylation sites (tertiary alicyclic amines) is 1. The van der Waals surface area contributed by atoms with Crippen LogP contribution in [0.2, 0.25) is 0 Å². The SMILES string of the molecule is CCOc1cc([C@@H]2c3sc(=O)n(CC(=O)N4CCCCC4)c3SC3C(=O)N(c4ccc([N+](=O)[O-])cc4)C(=O)C32)ccc1O. The van der Waals surface area contributed by atoms with Gasteiger partial charge in [-0.1, -0.05) is 29.2 Å².